The van der Waals surface area contributed by atoms with E-state index in [1.165, 1.54) is 18.4 Å². The maximum absolute atomic E-state index is 11.0. The Morgan fingerprint density at radius 2 is 2.19 bits per heavy atom. The molecule has 1 aliphatic rings. The molecule has 0 bridgehead atoms. The first-order valence-electron chi connectivity index (χ1n) is 5.40. The minimum Gasteiger partial charge on any atom is -0.366 e. The second-order valence-corrected chi connectivity index (χ2v) is 3.99. The normalized spacial score (nSPS) is 19.9. The number of nitrogens with two attached hydrogens (primary N) is 1. The molecular weight excluding hydrogens is 224 g/mol. The van der Waals surface area contributed by atoms with Crippen LogP contribution in [-0.2, 0) is 0 Å². The summed E-state index contributed by atoms with van der Waals surface area (Å²) in [6.07, 6.45) is 3.63. The predicted octanol–water partition coefficient (Wildman–Crippen LogP) is 2.02. The summed E-state index contributed by atoms with van der Waals surface area (Å²) in [6.45, 7) is 1.06. The first-order chi connectivity index (χ1) is 7.27. The van der Waals surface area contributed by atoms with Crippen LogP contribution >= 0.6 is 12.4 Å². The second-order valence-electron chi connectivity index (χ2n) is 3.99. The molecule has 1 aromatic carbocycles. The van der Waals surface area contributed by atoms with Gasteiger partial charge < -0.3 is 11.1 Å². The van der Waals surface area contributed by atoms with E-state index in [1.54, 1.807) is 6.07 Å². The maximum Gasteiger partial charge on any atom is 0.248 e. The summed E-state index contributed by atoms with van der Waals surface area (Å²) in [5.74, 6) is -0.354. The van der Waals surface area contributed by atoms with Gasteiger partial charge in [-0.3, -0.25) is 4.79 Å². The van der Waals surface area contributed by atoms with E-state index in [2.05, 4.69) is 11.4 Å². The van der Waals surface area contributed by atoms with Crippen LogP contribution in [0.15, 0.2) is 24.3 Å². The first-order valence-corrected chi connectivity index (χ1v) is 5.40. The summed E-state index contributed by atoms with van der Waals surface area (Å²) < 4.78 is 0. The zero-order valence-electron chi connectivity index (χ0n) is 9.11. The fourth-order valence-electron chi connectivity index (χ4n) is 2.05. The van der Waals surface area contributed by atoms with Gasteiger partial charge in [0.1, 0.15) is 0 Å². The number of nitrogens with one attached hydrogen (secondary N) is 1. The molecule has 2 rings (SSSR count). The Morgan fingerprint density at radius 1 is 1.38 bits per heavy atom. The van der Waals surface area contributed by atoms with E-state index < -0.39 is 0 Å². The Balaban J connectivity index is 0.00000128. The van der Waals surface area contributed by atoms with Gasteiger partial charge in [0.2, 0.25) is 5.91 Å². The van der Waals surface area contributed by atoms with E-state index in [0.29, 0.717) is 11.6 Å². The number of carbonyl (C=O) groups excluding carboxylic acids is 1. The average Bonchev–Trinajstić information content (AvgIpc) is 2.30. The lowest BCUT2D eigenvalue weighted by molar-refractivity contribution is 0.1000. The first kappa shape index (κ1) is 13.0. The van der Waals surface area contributed by atoms with Crippen molar-refractivity contribution in [2.75, 3.05) is 6.54 Å². The van der Waals surface area contributed by atoms with Gasteiger partial charge in [-0.1, -0.05) is 18.6 Å². The highest BCUT2D eigenvalue weighted by molar-refractivity contribution is 5.92. The maximum atomic E-state index is 11.0. The number of piperidine rings is 1. The number of carbonyl (C=O) groups is 1. The zero-order valence-corrected chi connectivity index (χ0v) is 9.93. The Kier molecular flexibility index (Phi) is 4.77. The molecule has 16 heavy (non-hydrogen) atoms. The second kappa shape index (κ2) is 5.87. The van der Waals surface area contributed by atoms with Crippen LogP contribution in [0.3, 0.4) is 0 Å². The SMILES string of the molecule is Cl.NC(=O)c1cccc(C2CCCCN2)c1. The number of halogens is 1. The minimum absolute atomic E-state index is 0. The van der Waals surface area contributed by atoms with E-state index >= 15 is 0 Å². The number of hydrogen-bond donors (Lipinski definition) is 2. The van der Waals surface area contributed by atoms with Gasteiger partial charge in [0, 0.05) is 11.6 Å². The van der Waals surface area contributed by atoms with Crippen molar-refractivity contribution in [1.82, 2.24) is 5.32 Å². The molecular formula is C12H17ClN2O. The van der Waals surface area contributed by atoms with Crippen molar-refractivity contribution in [3.63, 3.8) is 0 Å². The van der Waals surface area contributed by atoms with Crippen LogP contribution in [0.5, 0.6) is 0 Å². The van der Waals surface area contributed by atoms with Crippen LogP contribution in [0.1, 0.15) is 41.2 Å². The third kappa shape index (κ3) is 2.97. The largest absolute Gasteiger partial charge is 0.366 e. The van der Waals surface area contributed by atoms with Crippen molar-refractivity contribution >= 4 is 18.3 Å². The van der Waals surface area contributed by atoms with E-state index in [1.807, 2.05) is 12.1 Å². The highest BCUT2D eigenvalue weighted by Gasteiger charge is 2.15. The van der Waals surface area contributed by atoms with Crippen molar-refractivity contribution < 1.29 is 4.79 Å². The Bertz CT molecular complexity index is 362. The standard InChI is InChI=1S/C12H16N2O.ClH/c13-12(15)10-5-3-4-9(8-10)11-6-1-2-7-14-11;/h3-5,8,11,14H,1-2,6-7H2,(H2,13,15);1H. The molecule has 0 aliphatic carbocycles. The summed E-state index contributed by atoms with van der Waals surface area (Å²) in [4.78, 5) is 11.0. The molecule has 1 aliphatic heterocycles. The number of primary amides is 1. The van der Waals surface area contributed by atoms with Crippen molar-refractivity contribution in [2.45, 2.75) is 25.3 Å². The summed E-state index contributed by atoms with van der Waals surface area (Å²) >= 11 is 0. The van der Waals surface area contributed by atoms with E-state index in [4.69, 9.17) is 5.73 Å². The van der Waals surface area contributed by atoms with Crippen LogP contribution in [-0.4, -0.2) is 12.5 Å². The van der Waals surface area contributed by atoms with Gasteiger partial charge in [-0.25, -0.2) is 0 Å². The molecule has 0 spiro atoms. The van der Waals surface area contributed by atoms with Gasteiger partial charge in [0.15, 0.2) is 0 Å². The zero-order chi connectivity index (χ0) is 10.7. The van der Waals surface area contributed by atoms with Crippen molar-refractivity contribution in [3.05, 3.63) is 35.4 Å². The van der Waals surface area contributed by atoms with Crippen LogP contribution in [0, 0.1) is 0 Å². The van der Waals surface area contributed by atoms with Crippen LogP contribution in [0.25, 0.3) is 0 Å². The third-order valence-corrected chi connectivity index (χ3v) is 2.88. The molecule has 1 saturated heterocycles. The quantitative estimate of drug-likeness (QED) is 0.831. The lowest BCUT2D eigenvalue weighted by atomic mass is 9.96. The fourth-order valence-corrected chi connectivity index (χ4v) is 2.05. The summed E-state index contributed by atoms with van der Waals surface area (Å²) in [5, 5.41) is 3.45. The molecule has 1 unspecified atom stereocenters. The Labute approximate surface area is 102 Å². The van der Waals surface area contributed by atoms with E-state index in [9.17, 15) is 4.79 Å². The number of benzene rings is 1. The van der Waals surface area contributed by atoms with Gasteiger partial charge in [-0.05, 0) is 37.1 Å². The summed E-state index contributed by atoms with van der Waals surface area (Å²) in [5.41, 5.74) is 7.02. The van der Waals surface area contributed by atoms with Crippen molar-refractivity contribution in [3.8, 4) is 0 Å². The molecule has 88 valence electrons. The molecule has 3 nitrogen and oxygen atoms in total. The average molecular weight is 241 g/mol. The van der Waals surface area contributed by atoms with E-state index in [0.717, 1.165) is 13.0 Å². The lowest BCUT2D eigenvalue weighted by Gasteiger charge is -2.24. The molecule has 4 heteroatoms. The Morgan fingerprint density at radius 3 is 2.81 bits per heavy atom. The predicted molar refractivity (Wildman–Crippen MR) is 66.8 cm³/mol. The Hall–Kier alpha value is -1.06. The van der Waals surface area contributed by atoms with Crippen LogP contribution in [0.2, 0.25) is 0 Å². The molecule has 1 heterocycles. The molecule has 0 aromatic heterocycles. The topological polar surface area (TPSA) is 55.1 Å². The molecule has 1 aromatic rings. The van der Waals surface area contributed by atoms with E-state index in [-0.39, 0.29) is 18.3 Å². The molecule has 1 amide bonds. The monoisotopic (exact) mass is 240 g/mol. The molecule has 0 radical (unpaired) electrons. The van der Waals surface area contributed by atoms with Crippen molar-refractivity contribution in [2.24, 2.45) is 5.73 Å². The van der Waals surface area contributed by atoms with Crippen LogP contribution < -0.4 is 11.1 Å². The summed E-state index contributed by atoms with van der Waals surface area (Å²) in [6, 6.07) is 7.99. The van der Waals surface area contributed by atoms with Gasteiger partial charge in [0.05, 0.1) is 0 Å². The smallest absolute Gasteiger partial charge is 0.248 e. The van der Waals surface area contributed by atoms with Gasteiger partial charge in [0.25, 0.3) is 0 Å². The molecule has 1 atom stereocenters. The number of rotatable bonds is 2. The minimum atomic E-state index is -0.354. The molecule has 0 saturated carbocycles. The highest BCUT2D eigenvalue weighted by Crippen LogP contribution is 2.23. The fraction of sp³-hybridized carbons (Fsp3) is 0.417. The third-order valence-electron chi connectivity index (χ3n) is 2.88. The van der Waals surface area contributed by atoms with Gasteiger partial charge in [-0.15, -0.1) is 12.4 Å². The number of amides is 1. The van der Waals surface area contributed by atoms with Crippen molar-refractivity contribution in [1.29, 1.82) is 0 Å². The van der Waals surface area contributed by atoms with Crippen LogP contribution in [0.4, 0.5) is 0 Å². The summed E-state index contributed by atoms with van der Waals surface area (Å²) in [7, 11) is 0. The number of hydrogen-bond acceptors (Lipinski definition) is 2. The highest BCUT2D eigenvalue weighted by atomic mass is 35.5. The van der Waals surface area contributed by atoms with Gasteiger partial charge in [-0.2, -0.15) is 0 Å². The molecule has 3 N–H and O–H groups in total. The lowest BCUT2D eigenvalue weighted by Crippen LogP contribution is -2.27. The molecule has 1 fully saturated rings. The van der Waals surface area contributed by atoms with Gasteiger partial charge >= 0.3 is 0 Å².